The molecule has 0 aliphatic heterocycles. The highest BCUT2D eigenvalue weighted by Crippen LogP contribution is 2.25. The fraction of sp³-hybridized carbons (Fsp3) is 0.167. The Labute approximate surface area is 196 Å². The number of anilines is 1. The third-order valence-corrected chi connectivity index (χ3v) is 5.11. The number of halogens is 1. The molecule has 0 atom stereocenters. The van der Waals surface area contributed by atoms with E-state index in [4.69, 9.17) is 16.3 Å². The number of aryl methyl sites for hydroxylation is 1. The zero-order valence-electron chi connectivity index (χ0n) is 18.4. The maximum atomic E-state index is 12.1. The Kier molecular flexibility index (Phi) is 7.63. The number of hydrogen-bond donors (Lipinski definition) is 2. The van der Waals surface area contributed by atoms with Gasteiger partial charge < -0.3 is 14.6 Å². The number of hydrogen-bond acceptors (Lipinski definition) is 5. The Morgan fingerprint density at radius 1 is 1.06 bits per heavy atom. The number of nitrogens with one attached hydrogen (secondary N) is 2. The van der Waals surface area contributed by atoms with Gasteiger partial charge in [0.05, 0.1) is 29.1 Å². The number of carbonyl (C=O) groups is 3. The number of aromatic nitrogens is 1. The monoisotopic (exact) mass is 466 g/mol. The van der Waals surface area contributed by atoms with Gasteiger partial charge in [0, 0.05) is 22.6 Å². The molecule has 8 nitrogen and oxygen atoms in total. The molecular weight excluding hydrogens is 444 g/mol. The van der Waals surface area contributed by atoms with Crippen LogP contribution in [0.1, 0.15) is 34.2 Å². The minimum atomic E-state index is -0.930. The van der Waals surface area contributed by atoms with Gasteiger partial charge in [-0.05, 0) is 63.2 Å². The standard InChI is InChI=1S/C24H23ClN4O4/c1-4-33-24(32)17-9-11-19(12-10-17)27-22(30)23(31)28-26-14-18-13-15(2)29(16(18)3)21-8-6-5-7-20(21)25/h5-14H,4H2,1-3H3,(H,27,30)(H,28,31)/b26-14-. The molecule has 33 heavy (non-hydrogen) atoms. The van der Waals surface area contributed by atoms with Gasteiger partial charge in [-0.25, -0.2) is 10.2 Å². The van der Waals surface area contributed by atoms with Gasteiger partial charge in [0.2, 0.25) is 0 Å². The Morgan fingerprint density at radius 2 is 1.76 bits per heavy atom. The van der Waals surface area contributed by atoms with E-state index in [1.54, 1.807) is 6.92 Å². The van der Waals surface area contributed by atoms with E-state index in [0.717, 1.165) is 22.6 Å². The molecular formula is C24H23ClN4O4. The van der Waals surface area contributed by atoms with Gasteiger partial charge >= 0.3 is 17.8 Å². The summed E-state index contributed by atoms with van der Waals surface area (Å²) in [5, 5.41) is 6.96. The van der Waals surface area contributed by atoms with Gasteiger partial charge in [-0.1, -0.05) is 23.7 Å². The van der Waals surface area contributed by atoms with Gasteiger partial charge in [0.15, 0.2) is 0 Å². The zero-order valence-corrected chi connectivity index (χ0v) is 19.1. The molecule has 0 radical (unpaired) electrons. The molecule has 0 spiro atoms. The van der Waals surface area contributed by atoms with Crippen LogP contribution in [-0.4, -0.2) is 35.2 Å². The summed E-state index contributed by atoms with van der Waals surface area (Å²) < 4.78 is 6.89. The second-order valence-corrected chi connectivity index (χ2v) is 7.47. The average molecular weight is 467 g/mol. The summed E-state index contributed by atoms with van der Waals surface area (Å²) in [5.41, 5.74) is 6.34. The fourth-order valence-electron chi connectivity index (χ4n) is 3.23. The van der Waals surface area contributed by atoms with Gasteiger partial charge in [-0.2, -0.15) is 5.10 Å². The Bertz CT molecular complexity index is 1220. The molecule has 3 aromatic rings. The molecule has 3 rings (SSSR count). The van der Waals surface area contributed by atoms with E-state index < -0.39 is 17.8 Å². The van der Waals surface area contributed by atoms with Crippen LogP contribution in [0, 0.1) is 13.8 Å². The van der Waals surface area contributed by atoms with Crippen molar-refractivity contribution in [2.75, 3.05) is 11.9 Å². The molecule has 0 fully saturated rings. The van der Waals surface area contributed by atoms with E-state index in [1.807, 2.05) is 48.7 Å². The zero-order chi connectivity index (χ0) is 24.0. The number of para-hydroxylation sites is 1. The lowest BCUT2D eigenvalue weighted by Crippen LogP contribution is -2.32. The first kappa shape index (κ1) is 23.7. The lowest BCUT2D eigenvalue weighted by atomic mass is 10.2. The average Bonchev–Trinajstić information content (AvgIpc) is 3.07. The molecule has 2 N–H and O–H groups in total. The van der Waals surface area contributed by atoms with Crippen molar-refractivity contribution in [2.45, 2.75) is 20.8 Å². The second kappa shape index (κ2) is 10.6. The summed E-state index contributed by atoms with van der Waals surface area (Å²) >= 11 is 6.32. The first-order valence-corrected chi connectivity index (χ1v) is 10.5. The molecule has 9 heteroatoms. The number of ether oxygens (including phenoxy) is 1. The first-order valence-electron chi connectivity index (χ1n) is 10.2. The molecule has 2 aromatic carbocycles. The number of carbonyl (C=O) groups excluding carboxylic acids is 3. The third-order valence-electron chi connectivity index (χ3n) is 4.79. The topological polar surface area (TPSA) is 102 Å². The van der Waals surface area contributed by atoms with Crippen LogP contribution in [0.25, 0.3) is 5.69 Å². The van der Waals surface area contributed by atoms with Crippen molar-refractivity contribution >= 4 is 41.3 Å². The maximum Gasteiger partial charge on any atom is 0.338 e. The summed E-state index contributed by atoms with van der Waals surface area (Å²) in [6.45, 7) is 5.82. The molecule has 0 bridgehead atoms. The molecule has 0 unspecified atom stereocenters. The molecule has 1 heterocycles. The van der Waals surface area contributed by atoms with Crippen molar-refractivity contribution in [3.05, 3.63) is 82.1 Å². The molecule has 0 aliphatic rings. The van der Waals surface area contributed by atoms with E-state index in [-0.39, 0.29) is 6.61 Å². The first-order chi connectivity index (χ1) is 15.8. The van der Waals surface area contributed by atoms with E-state index in [2.05, 4.69) is 15.8 Å². The molecule has 2 amide bonds. The van der Waals surface area contributed by atoms with Crippen LogP contribution in [0.15, 0.2) is 59.7 Å². The number of amides is 2. The van der Waals surface area contributed by atoms with Gasteiger partial charge in [0.1, 0.15) is 0 Å². The summed E-state index contributed by atoms with van der Waals surface area (Å²) in [6, 6.07) is 15.4. The van der Waals surface area contributed by atoms with Crippen LogP contribution in [-0.2, 0) is 14.3 Å². The summed E-state index contributed by atoms with van der Waals surface area (Å²) in [6.07, 6.45) is 1.47. The van der Waals surface area contributed by atoms with E-state index in [1.165, 1.54) is 30.5 Å². The Morgan fingerprint density at radius 3 is 2.42 bits per heavy atom. The molecule has 1 aromatic heterocycles. The normalized spacial score (nSPS) is 10.8. The molecule has 170 valence electrons. The van der Waals surface area contributed by atoms with E-state index in [9.17, 15) is 14.4 Å². The van der Waals surface area contributed by atoms with Crippen LogP contribution in [0.3, 0.4) is 0 Å². The highest BCUT2D eigenvalue weighted by atomic mass is 35.5. The number of rotatable bonds is 6. The number of nitrogens with zero attached hydrogens (tertiary/aromatic N) is 2. The summed E-state index contributed by atoms with van der Waals surface area (Å²) in [5.74, 6) is -2.28. The van der Waals surface area contributed by atoms with Crippen LogP contribution in [0.5, 0.6) is 0 Å². The summed E-state index contributed by atoms with van der Waals surface area (Å²) in [7, 11) is 0. The third kappa shape index (κ3) is 5.67. The second-order valence-electron chi connectivity index (χ2n) is 7.06. The molecule has 0 saturated heterocycles. The van der Waals surface area contributed by atoms with Crippen LogP contribution >= 0.6 is 11.6 Å². The van der Waals surface area contributed by atoms with Gasteiger partial charge in [-0.15, -0.1) is 0 Å². The summed E-state index contributed by atoms with van der Waals surface area (Å²) in [4.78, 5) is 35.9. The fourth-order valence-corrected chi connectivity index (χ4v) is 3.45. The molecule has 0 aliphatic carbocycles. The maximum absolute atomic E-state index is 12.1. The highest BCUT2D eigenvalue weighted by molar-refractivity contribution is 6.39. The Hall–Kier alpha value is -3.91. The minimum Gasteiger partial charge on any atom is -0.462 e. The predicted molar refractivity (Wildman–Crippen MR) is 127 cm³/mol. The minimum absolute atomic E-state index is 0.266. The number of esters is 1. The van der Waals surface area contributed by atoms with Crippen molar-refractivity contribution in [1.82, 2.24) is 9.99 Å². The smallest absolute Gasteiger partial charge is 0.338 e. The van der Waals surface area contributed by atoms with Crippen molar-refractivity contribution in [2.24, 2.45) is 5.10 Å². The van der Waals surface area contributed by atoms with Crippen molar-refractivity contribution in [3.8, 4) is 5.69 Å². The van der Waals surface area contributed by atoms with Crippen molar-refractivity contribution in [1.29, 1.82) is 0 Å². The van der Waals surface area contributed by atoms with Crippen LogP contribution < -0.4 is 10.7 Å². The predicted octanol–water partition coefficient (Wildman–Crippen LogP) is 4.01. The number of hydrazone groups is 1. The van der Waals surface area contributed by atoms with E-state index in [0.29, 0.717) is 16.3 Å². The van der Waals surface area contributed by atoms with Gasteiger partial charge in [-0.3, -0.25) is 9.59 Å². The van der Waals surface area contributed by atoms with Crippen LogP contribution in [0.4, 0.5) is 5.69 Å². The lowest BCUT2D eigenvalue weighted by Gasteiger charge is -2.11. The highest BCUT2D eigenvalue weighted by Gasteiger charge is 2.15. The molecule has 0 saturated carbocycles. The van der Waals surface area contributed by atoms with Crippen LogP contribution in [0.2, 0.25) is 5.02 Å². The van der Waals surface area contributed by atoms with Crippen molar-refractivity contribution in [3.63, 3.8) is 0 Å². The number of benzene rings is 2. The quantitative estimate of drug-likeness (QED) is 0.248. The SMILES string of the molecule is CCOC(=O)c1ccc(NC(=O)C(=O)N/N=C\c2cc(C)n(-c3ccccc3Cl)c2C)cc1. The largest absolute Gasteiger partial charge is 0.462 e. The van der Waals surface area contributed by atoms with Crippen molar-refractivity contribution < 1.29 is 19.1 Å². The van der Waals surface area contributed by atoms with Gasteiger partial charge in [0.25, 0.3) is 0 Å². The lowest BCUT2D eigenvalue weighted by molar-refractivity contribution is -0.136. The Balaban J connectivity index is 1.62. The van der Waals surface area contributed by atoms with E-state index >= 15 is 0 Å².